The van der Waals surface area contributed by atoms with Crippen molar-refractivity contribution >= 4 is 39.2 Å². The minimum Gasteiger partial charge on any atom is -0.478 e. The molecule has 0 amide bonds. The van der Waals surface area contributed by atoms with Crippen LogP contribution < -0.4 is 0 Å². The number of benzene rings is 1. The first-order valence-electron chi connectivity index (χ1n) is 5.09. The van der Waals surface area contributed by atoms with E-state index in [-0.39, 0.29) is 26.1 Å². The highest BCUT2D eigenvalue weighted by Crippen LogP contribution is 2.32. The molecule has 0 aliphatic rings. The molecule has 1 N–H and O–H groups in total. The molecule has 0 heterocycles. The molecular weight excluding hydrogens is 296 g/mol. The Morgan fingerprint density at radius 1 is 1.39 bits per heavy atom. The Balaban J connectivity index is 3.80. The predicted molar refractivity (Wildman–Crippen MR) is 72.4 cm³/mol. The van der Waals surface area contributed by atoms with Gasteiger partial charge >= 0.3 is 5.97 Å². The molecule has 0 spiro atoms. The van der Waals surface area contributed by atoms with E-state index in [9.17, 15) is 13.2 Å². The van der Waals surface area contributed by atoms with Gasteiger partial charge in [-0.2, -0.15) is 0 Å². The van der Waals surface area contributed by atoms with Crippen LogP contribution in [0.15, 0.2) is 15.9 Å². The van der Waals surface area contributed by atoms with Gasteiger partial charge in [0.15, 0.2) is 0 Å². The van der Waals surface area contributed by atoms with Crippen molar-refractivity contribution in [2.45, 2.75) is 23.6 Å². The van der Waals surface area contributed by atoms with Crippen molar-refractivity contribution in [2.24, 2.45) is 0 Å². The lowest BCUT2D eigenvalue weighted by Crippen LogP contribution is -2.11. The summed E-state index contributed by atoms with van der Waals surface area (Å²) in [5, 5.41) is 9.36. The Hall–Kier alpha value is -0.720. The summed E-state index contributed by atoms with van der Waals surface area (Å²) < 4.78 is 23.7. The van der Waals surface area contributed by atoms with Crippen LogP contribution in [-0.4, -0.2) is 31.5 Å². The van der Waals surface area contributed by atoms with Crippen LogP contribution in [0.2, 0.25) is 5.02 Å². The van der Waals surface area contributed by atoms with Crippen molar-refractivity contribution in [2.75, 3.05) is 12.0 Å². The van der Waals surface area contributed by atoms with E-state index in [4.69, 9.17) is 16.7 Å². The molecule has 0 saturated carbocycles. The SMILES string of the molecule is CCS(=O)c1c(Cl)c(C)cc(C(=O)O)c1S(C)=O. The van der Waals surface area contributed by atoms with Crippen LogP contribution in [0, 0.1) is 6.92 Å². The first-order valence-corrected chi connectivity index (χ1v) is 8.34. The lowest BCUT2D eigenvalue weighted by atomic mass is 10.1. The third-order valence-electron chi connectivity index (χ3n) is 2.36. The minimum atomic E-state index is -1.57. The van der Waals surface area contributed by atoms with E-state index in [1.54, 1.807) is 13.8 Å². The molecule has 0 aliphatic carbocycles. The average Bonchev–Trinajstić information content (AvgIpc) is 2.30. The standard InChI is InChI=1S/C11H13ClO4S2/c1-4-18(16)10-8(12)6(2)5-7(11(13)14)9(10)17(3)15/h5H,4H2,1-3H3,(H,13,14). The zero-order valence-corrected chi connectivity index (χ0v) is 12.5. The summed E-state index contributed by atoms with van der Waals surface area (Å²) in [6, 6.07) is 1.36. The molecule has 0 bridgehead atoms. The molecule has 7 heteroatoms. The molecule has 0 aromatic heterocycles. The molecular formula is C11H13ClO4S2. The number of aromatic carboxylic acids is 1. The van der Waals surface area contributed by atoms with Crippen LogP contribution in [0.1, 0.15) is 22.8 Å². The Labute approximate surface area is 115 Å². The van der Waals surface area contributed by atoms with Gasteiger partial charge in [0.05, 0.1) is 42.0 Å². The van der Waals surface area contributed by atoms with Crippen LogP contribution in [0.5, 0.6) is 0 Å². The maximum atomic E-state index is 12.0. The summed E-state index contributed by atoms with van der Waals surface area (Å²) in [6.07, 6.45) is 1.35. The molecule has 0 fully saturated rings. The van der Waals surface area contributed by atoms with Crippen molar-refractivity contribution in [3.63, 3.8) is 0 Å². The molecule has 2 atom stereocenters. The molecule has 100 valence electrons. The fraction of sp³-hybridized carbons (Fsp3) is 0.364. The van der Waals surface area contributed by atoms with E-state index in [2.05, 4.69) is 0 Å². The van der Waals surface area contributed by atoms with Crippen molar-refractivity contribution in [1.82, 2.24) is 0 Å². The number of aryl methyl sites for hydroxylation is 1. The molecule has 0 radical (unpaired) electrons. The third-order valence-corrected chi connectivity index (χ3v) is 5.48. The van der Waals surface area contributed by atoms with E-state index < -0.39 is 27.6 Å². The normalized spacial score (nSPS) is 14.2. The lowest BCUT2D eigenvalue weighted by molar-refractivity contribution is 0.0692. The zero-order chi connectivity index (χ0) is 14.0. The maximum absolute atomic E-state index is 12.0. The number of hydrogen-bond donors (Lipinski definition) is 1. The highest BCUT2D eigenvalue weighted by atomic mass is 35.5. The van der Waals surface area contributed by atoms with Crippen LogP contribution in [0.25, 0.3) is 0 Å². The van der Waals surface area contributed by atoms with Crippen molar-refractivity contribution in [1.29, 1.82) is 0 Å². The Kier molecular flexibility index (Phi) is 5.07. The second-order valence-corrected chi connectivity index (χ2v) is 6.98. The maximum Gasteiger partial charge on any atom is 0.336 e. The summed E-state index contributed by atoms with van der Waals surface area (Å²) >= 11 is 6.07. The van der Waals surface area contributed by atoms with E-state index in [0.29, 0.717) is 5.56 Å². The number of carbonyl (C=O) groups is 1. The first-order chi connectivity index (χ1) is 8.31. The van der Waals surface area contributed by atoms with Gasteiger partial charge in [0.1, 0.15) is 0 Å². The fourth-order valence-corrected chi connectivity index (χ4v) is 4.42. The topological polar surface area (TPSA) is 71.4 Å². The molecule has 18 heavy (non-hydrogen) atoms. The second kappa shape index (κ2) is 5.95. The quantitative estimate of drug-likeness (QED) is 0.925. The third kappa shape index (κ3) is 2.81. The smallest absolute Gasteiger partial charge is 0.336 e. The van der Waals surface area contributed by atoms with Gasteiger partial charge in [-0.3, -0.25) is 8.42 Å². The molecule has 4 nitrogen and oxygen atoms in total. The van der Waals surface area contributed by atoms with Crippen molar-refractivity contribution in [3.8, 4) is 0 Å². The summed E-state index contributed by atoms with van der Waals surface area (Å²) in [6.45, 7) is 3.32. The fourth-order valence-electron chi connectivity index (χ4n) is 1.54. The second-order valence-electron chi connectivity index (χ2n) is 3.61. The van der Waals surface area contributed by atoms with Gasteiger partial charge in [0.2, 0.25) is 0 Å². The highest BCUT2D eigenvalue weighted by Gasteiger charge is 2.24. The molecule has 0 aliphatic heterocycles. The summed E-state index contributed by atoms with van der Waals surface area (Å²) in [4.78, 5) is 11.4. The molecule has 2 unspecified atom stereocenters. The minimum absolute atomic E-state index is 0.0540. The van der Waals surface area contributed by atoms with Crippen molar-refractivity contribution < 1.29 is 18.3 Å². The van der Waals surface area contributed by atoms with Gasteiger partial charge in [-0.05, 0) is 18.6 Å². The number of hydrogen-bond acceptors (Lipinski definition) is 3. The van der Waals surface area contributed by atoms with Gasteiger partial charge in [-0.15, -0.1) is 0 Å². The predicted octanol–water partition coefficient (Wildman–Crippen LogP) is 2.21. The van der Waals surface area contributed by atoms with E-state index in [0.717, 1.165) is 0 Å². The highest BCUT2D eigenvalue weighted by molar-refractivity contribution is 7.88. The van der Waals surface area contributed by atoms with E-state index >= 15 is 0 Å². The summed E-state index contributed by atoms with van der Waals surface area (Å²) in [7, 11) is -3.03. The molecule has 1 aromatic rings. The van der Waals surface area contributed by atoms with Gasteiger partial charge < -0.3 is 5.11 Å². The number of carboxylic acids is 1. The van der Waals surface area contributed by atoms with E-state index in [1.165, 1.54) is 12.3 Å². The average molecular weight is 309 g/mol. The Bertz CT molecular complexity index is 554. The first kappa shape index (κ1) is 15.3. The summed E-state index contributed by atoms with van der Waals surface area (Å²) in [5.74, 6) is -0.916. The number of halogens is 1. The van der Waals surface area contributed by atoms with Crippen molar-refractivity contribution in [3.05, 3.63) is 22.2 Å². The number of carboxylic acid groups (broad SMARTS) is 1. The Morgan fingerprint density at radius 2 is 1.94 bits per heavy atom. The largest absolute Gasteiger partial charge is 0.478 e. The number of rotatable bonds is 4. The van der Waals surface area contributed by atoms with Crippen LogP contribution in [-0.2, 0) is 21.6 Å². The Morgan fingerprint density at radius 3 is 2.33 bits per heavy atom. The molecule has 1 rings (SSSR count). The zero-order valence-electron chi connectivity index (χ0n) is 10.2. The van der Waals surface area contributed by atoms with Crippen LogP contribution in [0.3, 0.4) is 0 Å². The monoisotopic (exact) mass is 308 g/mol. The lowest BCUT2D eigenvalue weighted by Gasteiger charge is -2.13. The van der Waals surface area contributed by atoms with Crippen LogP contribution in [0.4, 0.5) is 0 Å². The van der Waals surface area contributed by atoms with Gasteiger partial charge in [-0.1, -0.05) is 18.5 Å². The summed E-state index contributed by atoms with van der Waals surface area (Å²) in [5.41, 5.74) is 0.412. The molecule has 1 aromatic carbocycles. The van der Waals surface area contributed by atoms with E-state index in [1.807, 2.05) is 0 Å². The van der Waals surface area contributed by atoms with Gasteiger partial charge in [-0.25, -0.2) is 4.79 Å². The van der Waals surface area contributed by atoms with Gasteiger partial charge in [0, 0.05) is 12.0 Å². The van der Waals surface area contributed by atoms with Gasteiger partial charge in [0.25, 0.3) is 0 Å². The molecule has 0 saturated heterocycles. The van der Waals surface area contributed by atoms with Crippen LogP contribution >= 0.6 is 11.6 Å².